The molecule has 3 atom stereocenters. The van der Waals surface area contributed by atoms with Gasteiger partial charge in [-0.25, -0.2) is 4.39 Å². The van der Waals surface area contributed by atoms with Crippen LogP contribution in [0.2, 0.25) is 0 Å². The largest absolute Gasteiger partial charge is 0.494 e. The summed E-state index contributed by atoms with van der Waals surface area (Å²) in [5, 5.41) is 6.68. The molecule has 1 heterocycles. The smallest absolute Gasteiger partial charge is 0.191 e. The summed E-state index contributed by atoms with van der Waals surface area (Å²) < 4.78 is 25.1. The molecule has 6 heteroatoms. The number of aliphatic imine (C=N–C) groups is 1. The van der Waals surface area contributed by atoms with Gasteiger partial charge < -0.3 is 20.1 Å². The van der Waals surface area contributed by atoms with E-state index in [1.807, 2.05) is 19.9 Å². The summed E-state index contributed by atoms with van der Waals surface area (Å²) in [6.45, 7) is 13.0. The van der Waals surface area contributed by atoms with Crippen molar-refractivity contribution in [1.82, 2.24) is 10.6 Å². The van der Waals surface area contributed by atoms with Crippen LogP contribution in [0.15, 0.2) is 23.2 Å². The molecule has 0 aliphatic carbocycles. The minimum Gasteiger partial charge on any atom is -0.494 e. The summed E-state index contributed by atoms with van der Waals surface area (Å²) >= 11 is 0. The maximum Gasteiger partial charge on any atom is 0.191 e. The van der Waals surface area contributed by atoms with Crippen molar-refractivity contribution in [3.8, 4) is 5.75 Å². The standard InChI is InChI=1S/C22H36FN3O2/c1-7-24-21(25-14-17-9-8-12-28-20(17)22(3,4)5)26-15(2)16-10-11-19(27-6)18(23)13-16/h10-11,13,15,17,20H,7-9,12,14H2,1-6H3,(H2,24,25,26). The van der Waals surface area contributed by atoms with Gasteiger partial charge in [0.15, 0.2) is 17.5 Å². The lowest BCUT2D eigenvalue weighted by Gasteiger charge is -2.39. The second-order valence-electron chi connectivity index (χ2n) is 8.54. The first-order chi connectivity index (χ1) is 13.3. The fraction of sp³-hybridized carbons (Fsp3) is 0.682. The number of hydrogen-bond donors (Lipinski definition) is 2. The number of ether oxygens (including phenoxy) is 2. The van der Waals surface area contributed by atoms with Crippen LogP contribution in [0.1, 0.15) is 59.1 Å². The third-order valence-corrected chi connectivity index (χ3v) is 5.16. The van der Waals surface area contributed by atoms with Crippen LogP contribution in [0, 0.1) is 17.2 Å². The van der Waals surface area contributed by atoms with E-state index in [9.17, 15) is 4.39 Å². The van der Waals surface area contributed by atoms with E-state index in [4.69, 9.17) is 14.5 Å². The second kappa shape index (κ2) is 10.1. The van der Waals surface area contributed by atoms with Crippen LogP contribution in [0.4, 0.5) is 4.39 Å². The van der Waals surface area contributed by atoms with Crippen molar-refractivity contribution < 1.29 is 13.9 Å². The van der Waals surface area contributed by atoms with Gasteiger partial charge in [-0.15, -0.1) is 0 Å². The monoisotopic (exact) mass is 393 g/mol. The normalized spacial score (nSPS) is 21.9. The Bertz CT molecular complexity index is 658. The third kappa shape index (κ3) is 6.09. The lowest BCUT2D eigenvalue weighted by Crippen LogP contribution is -2.43. The van der Waals surface area contributed by atoms with E-state index in [1.54, 1.807) is 6.07 Å². The van der Waals surface area contributed by atoms with Gasteiger partial charge in [-0.1, -0.05) is 26.8 Å². The number of methoxy groups -OCH3 is 1. The minimum absolute atomic E-state index is 0.0841. The number of nitrogens with one attached hydrogen (secondary N) is 2. The summed E-state index contributed by atoms with van der Waals surface area (Å²) in [6, 6.07) is 4.94. The van der Waals surface area contributed by atoms with Gasteiger partial charge in [0.05, 0.1) is 19.3 Å². The molecule has 1 aliphatic rings. The van der Waals surface area contributed by atoms with E-state index >= 15 is 0 Å². The number of benzene rings is 1. The molecule has 3 unspecified atom stereocenters. The molecule has 0 amide bonds. The second-order valence-corrected chi connectivity index (χ2v) is 8.54. The van der Waals surface area contributed by atoms with Gasteiger partial charge in [-0.3, -0.25) is 4.99 Å². The van der Waals surface area contributed by atoms with Crippen LogP contribution in [-0.2, 0) is 4.74 Å². The van der Waals surface area contributed by atoms with E-state index < -0.39 is 0 Å². The van der Waals surface area contributed by atoms with E-state index in [0.717, 1.165) is 37.5 Å². The first-order valence-electron chi connectivity index (χ1n) is 10.3. The quantitative estimate of drug-likeness (QED) is 0.559. The minimum atomic E-state index is -0.358. The lowest BCUT2D eigenvalue weighted by molar-refractivity contribution is -0.0823. The summed E-state index contributed by atoms with van der Waals surface area (Å²) in [5.41, 5.74) is 0.942. The predicted octanol–water partition coefficient (Wildman–Crippen LogP) is 4.29. The van der Waals surface area contributed by atoms with Crippen molar-refractivity contribution in [2.75, 3.05) is 26.8 Å². The van der Waals surface area contributed by atoms with E-state index in [2.05, 4.69) is 31.4 Å². The highest BCUT2D eigenvalue weighted by molar-refractivity contribution is 5.80. The average Bonchev–Trinajstić information content (AvgIpc) is 2.65. The van der Waals surface area contributed by atoms with Crippen molar-refractivity contribution in [1.29, 1.82) is 0 Å². The molecule has 0 saturated carbocycles. The molecular weight excluding hydrogens is 357 g/mol. The van der Waals surface area contributed by atoms with Crippen LogP contribution < -0.4 is 15.4 Å². The highest BCUT2D eigenvalue weighted by Gasteiger charge is 2.35. The van der Waals surface area contributed by atoms with Gasteiger partial charge >= 0.3 is 0 Å². The Balaban J connectivity index is 2.08. The fourth-order valence-corrected chi connectivity index (χ4v) is 3.76. The topological polar surface area (TPSA) is 54.9 Å². The van der Waals surface area contributed by atoms with Crippen LogP contribution in [-0.4, -0.2) is 38.9 Å². The zero-order chi connectivity index (χ0) is 20.7. The van der Waals surface area contributed by atoms with Crippen LogP contribution in [0.25, 0.3) is 0 Å². The van der Waals surface area contributed by atoms with Crippen LogP contribution >= 0.6 is 0 Å². The van der Waals surface area contributed by atoms with Crippen LogP contribution in [0.5, 0.6) is 5.75 Å². The first-order valence-corrected chi connectivity index (χ1v) is 10.3. The van der Waals surface area contributed by atoms with Gasteiger partial charge in [-0.2, -0.15) is 0 Å². The molecule has 2 N–H and O–H groups in total. The molecule has 0 bridgehead atoms. The molecule has 158 valence electrons. The predicted molar refractivity (Wildman–Crippen MR) is 112 cm³/mol. The number of guanidine groups is 1. The Morgan fingerprint density at radius 1 is 1.39 bits per heavy atom. The Labute approximate surface area is 169 Å². The molecule has 5 nitrogen and oxygen atoms in total. The van der Waals surface area contributed by atoms with Crippen molar-refractivity contribution in [2.24, 2.45) is 16.3 Å². The van der Waals surface area contributed by atoms with E-state index in [-0.39, 0.29) is 29.1 Å². The molecule has 28 heavy (non-hydrogen) atoms. The number of nitrogens with zero attached hydrogens (tertiary/aromatic N) is 1. The molecular formula is C22H36FN3O2. The SMILES string of the molecule is CCNC(=NCC1CCCOC1C(C)(C)C)NC(C)c1ccc(OC)c(F)c1. The van der Waals surface area contributed by atoms with Gasteiger partial charge in [0, 0.05) is 25.6 Å². The zero-order valence-corrected chi connectivity index (χ0v) is 18.1. The third-order valence-electron chi connectivity index (χ3n) is 5.16. The van der Waals surface area contributed by atoms with Gasteiger partial charge in [0.25, 0.3) is 0 Å². The molecule has 0 spiro atoms. The highest BCUT2D eigenvalue weighted by atomic mass is 19.1. The average molecular weight is 394 g/mol. The molecule has 1 aromatic rings. The highest BCUT2D eigenvalue weighted by Crippen LogP contribution is 2.34. The van der Waals surface area contributed by atoms with E-state index in [1.165, 1.54) is 13.2 Å². The molecule has 0 aromatic heterocycles. The molecule has 2 rings (SSSR count). The van der Waals surface area contributed by atoms with Gasteiger partial charge in [-0.05, 0) is 49.8 Å². The van der Waals surface area contributed by atoms with Crippen molar-refractivity contribution in [3.05, 3.63) is 29.6 Å². The Morgan fingerprint density at radius 2 is 2.14 bits per heavy atom. The molecule has 1 aromatic carbocycles. The summed E-state index contributed by atoms with van der Waals surface area (Å²) in [4.78, 5) is 4.82. The van der Waals surface area contributed by atoms with Gasteiger partial charge in [0.2, 0.25) is 0 Å². The Hall–Kier alpha value is -1.82. The zero-order valence-electron chi connectivity index (χ0n) is 18.1. The number of halogens is 1. The molecule has 1 saturated heterocycles. The molecule has 1 aliphatic heterocycles. The summed E-state index contributed by atoms with van der Waals surface area (Å²) in [7, 11) is 1.47. The van der Waals surface area contributed by atoms with E-state index in [0.29, 0.717) is 12.5 Å². The number of rotatable bonds is 6. The maximum absolute atomic E-state index is 14.0. The van der Waals surface area contributed by atoms with Crippen molar-refractivity contribution in [2.45, 2.75) is 59.6 Å². The Morgan fingerprint density at radius 3 is 2.75 bits per heavy atom. The summed E-state index contributed by atoms with van der Waals surface area (Å²) in [5.74, 6) is 1.03. The fourth-order valence-electron chi connectivity index (χ4n) is 3.76. The first kappa shape index (κ1) is 22.5. The Kier molecular flexibility index (Phi) is 8.10. The van der Waals surface area contributed by atoms with Crippen molar-refractivity contribution >= 4 is 5.96 Å². The van der Waals surface area contributed by atoms with Crippen molar-refractivity contribution in [3.63, 3.8) is 0 Å². The molecule has 0 radical (unpaired) electrons. The maximum atomic E-state index is 14.0. The van der Waals surface area contributed by atoms with Gasteiger partial charge in [0.1, 0.15) is 0 Å². The number of hydrogen-bond acceptors (Lipinski definition) is 3. The summed E-state index contributed by atoms with van der Waals surface area (Å²) in [6.07, 6.45) is 2.42. The molecule has 1 fully saturated rings. The van der Waals surface area contributed by atoms with Crippen LogP contribution in [0.3, 0.4) is 0 Å². The lowest BCUT2D eigenvalue weighted by atomic mass is 9.78.